The number of aromatic nitrogens is 18. The van der Waals surface area contributed by atoms with E-state index in [9.17, 15) is 81.0 Å². The molecule has 5 amide bonds. The van der Waals surface area contributed by atoms with Gasteiger partial charge in [-0.05, 0) is 172 Å². The number of nitrogens with two attached hydrogens (primary N) is 1. The minimum absolute atomic E-state index is 0.0185. The number of carbonyl (C=O) groups excluding carboxylic acids is 5. The van der Waals surface area contributed by atoms with Gasteiger partial charge in [0.2, 0.25) is 17.7 Å². The van der Waals surface area contributed by atoms with Crippen LogP contribution >= 0.6 is 69.6 Å². The van der Waals surface area contributed by atoms with Gasteiger partial charge in [0.1, 0.15) is 70.4 Å². The molecule has 0 atom stereocenters. The fourth-order valence-electron chi connectivity index (χ4n) is 11.8. The maximum atomic E-state index is 12.6. The highest BCUT2D eigenvalue weighted by molar-refractivity contribution is 6.34. The van der Waals surface area contributed by atoms with Crippen LogP contribution in [-0.4, -0.2) is 200 Å². The fourth-order valence-corrected chi connectivity index (χ4v) is 13.2. The first-order valence-corrected chi connectivity index (χ1v) is 43.7. The molecule has 12 aromatic rings. The zero-order chi connectivity index (χ0) is 100. The summed E-state index contributed by atoms with van der Waals surface area (Å²) in [6.07, 6.45) is 7.72. The zero-order valence-electron chi connectivity index (χ0n) is 74.1. The molecule has 12 aromatic heterocycles. The van der Waals surface area contributed by atoms with Crippen LogP contribution in [0, 0.1) is 11.8 Å². The molecule has 14 rings (SSSR count). The summed E-state index contributed by atoms with van der Waals surface area (Å²) in [5.41, 5.74) is 9.87. The second kappa shape index (κ2) is 48.4. The van der Waals surface area contributed by atoms with Crippen LogP contribution in [-0.2, 0) is 23.9 Å². The summed E-state index contributed by atoms with van der Waals surface area (Å²) >= 11 is 36.4. The van der Waals surface area contributed by atoms with Gasteiger partial charge >= 0.3 is 36.9 Å². The van der Waals surface area contributed by atoms with Gasteiger partial charge in [0.15, 0.2) is 30.9 Å². The summed E-state index contributed by atoms with van der Waals surface area (Å²) in [5.74, 6) is -1.95. The van der Waals surface area contributed by atoms with Crippen LogP contribution in [0.1, 0.15) is 119 Å². The molecule has 0 spiro atoms. The fraction of sp³-hybridized carbons (Fsp3) is 0.372. The number of alkyl halides is 13. The highest BCUT2D eigenvalue weighted by Crippen LogP contribution is 2.39. The van der Waals surface area contributed by atoms with E-state index in [4.69, 9.17) is 84.8 Å². The van der Waals surface area contributed by atoms with E-state index in [1.165, 1.54) is 84.9 Å². The number of halogens is 19. The Labute approximate surface area is 805 Å². The van der Waals surface area contributed by atoms with Crippen molar-refractivity contribution in [1.82, 2.24) is 88.6 Å². The number of nitrogens with zero attached hydrogens (tertiary/aromatic N) is 24. The molecule has 137 heavy (non-hydrogen) atoms. The number of anilines is 5. The van der Waals surface area contributed by atoms with E-state index in [0.717, 1.165) is 51.0 Å². The minimum atomic E-state index is -4.57. The third kappa shape index (κ3) is 34.9. The highest BCUT2D eigenvalue weighted by atomic mass is 35.5. The Bertz CT molecular complexity index is 5940. The average Bonchev–Trinajstić information content (AvgIpc) is 1.68. The van der Waals surface area contributed by atoms with Crippen LogP contribution in [0.2, 0.25) is 30.9 Å². The molecule has 0 unspecified atom stereocenters. The number of unbranched alkanes of at least 4 members (excludes halogenated alkanes) is 1. The summed E-state index contributed by atoms with van der Waals surface area (Å²) in [6, 6.07) is 20.9. The van der Waals surface area contributed by atoms with Crippen molar-refractivity contribution in [3.63, 3.8) is 0 Å². The lowest BCUT2D eigenvalue weighted by atomic mass is 10.2. The van der Waals surface area contributed by atoms with Gasteiger partial charge in [0.05, 0.1) is 115 Å². The Morgan fingerprint density at radius 1 is 0.409 bits per heavy atom. The third-order valence-electron chi connectivity index (χ3n) is 18.5. The summed E-state index contributed by atoms with van der Waals surface area (Å²) in [5, 5.41) is 24.9. The molecule has 0 radical (unpaired) electrons. The lowest BCUT2D eigenvalue weighted by Crippen LogP contribution is -2.37. The molecule has 0 saturated heterocycles. The largest absolute Gasteiger partial charge is 0.443 e. The van der Waals surface area contributed by atoms with E-state index in [2.05, 4.69) is 65.5 Å². The van der Waals surface area contributed by atoms with Crippen molar-refractivity contribution in [3.05, 3.63) is 215 Å². The molecule has 2 fully saturated rings. The quantitative estimate of drug-likeness (QED) is 0.0228. The molecule has 2 aliphatic carbocycles. The van der Waals surface area contributed by atoms with Crippen molar-refractivity contribution < 1.29 is 90.5 Å². The lowest BCUT2D eigenvalue weighted by molar-refractivity contribution is -0.153. The van der Waals surface area contributed by atoms with Crippen molar-refractivity contribution in [3.8, 4) is 34.1 Å². The van der Waals surface area contributed by atoms with Crippen LogP contribution in [0.4, 0.5) is 101 Å². The Morgan fingerprint density at radius 3 is 1.01 bits per heavy atom. The molecule has 2 N–H and O–H groups in total. The van der Waals surface area contributed by atoms with Crippen molar-refractivity contribution in [2.75, 3.05) is 64.4 Å². The van der Waals surface area contributed by atoms with Gasteiger partial charge in [0.25, 0.3) is 0 Å². The first-order chi connectivity index (χ1) is 64.4. The summed E-state index contributed by atoms with van der Waals surface area (Å²) < 4.78 is 181. The van der Waals surface area contributed by atoms with E-state index in [0.29, 0.717) is 69.6 Å². The van der Waals surface area contributed by atoms with E-state index in [1.54, 1.807) is 170 Å². The SMILES string of the molecule is CC(C)(C)OC(=O)N(CCCC(F)(F)F)c1cn(-c2cccnc2)nc1Cl.CC(C)(C)OC(=O)N(CCCCF)c1cn(-c2cccnc2)nc1Cl.CCN(C(=O)CC(F)(F)F)c1cn(-c2cccnc2)nc1Cl.CN(C(=O)CC(F)(F)F)c1cn(-c2cccnc2)nc1Cl.NC(=Nc1cn(-c2cccnc2)nc1Cl)C1CC1.O=C(CC(F)(F)F)N(CC1CC1)c1cn(-c2cccnc2)nc1Cl. The second-order valence-electron chi connectivity index (χ2n) is 31.9. The molecule has 0 bridgehead atoms. The van der Waals surface area contributed by atoms with Crippen molar-refractivity contribution in [1.29, 1.82) is 0 Å². The Balaban J connectivity index is 0.000000185. The predicted molar refractivity (Wildman–Crippen MR) is 488 cm³/mol. The number of carbonyl (C=O) groups is 5. The predicted octanol–water partition coefficient (Wildman–Crippen LogP) is 21.4. The number of rotatable bonds is 26. The smallest absolute Gasteiger partial charge is 0.414 e. The number of pyridine rings is 6. The van der Waals surface area contributed by atoms with E-state index >= 15 is 0 Å². The van der Waals surface area contributed by atoms with Crippen molar-refractivity contribution in [2.24, 2.45) is 22.6 Å². The van der Waals surface area contributed by atoms with E-state index in [-0.39, 0.29) is 87.0 Å². The molecule has 0 aromatic carbocycles. The van der Waals surface area contributed by atoms with Gasteiger partial charge < -0.3 is 29.9 Å². The third-order valence-corrected chi connectivity index (χ3v) is 20.1. The first kappa shape index (κ1) is 108. The highest BCUT2D eigenvalue weighted by Gasteiger charge is 2.40. The summed E-state index contributed by atoms with van der Waals surface area (Å²) in [7, 11) is 1.21. The lowest BCUT2D eigenvalue weighted by Gasteiger charge is -2.27. The standard InChI is InChI=1S/C17H20ClF3N4O2.C17H22ClFN4O2.C15H14ClF3N4O.C13H12ClF3N4O.C12H10ClF3N4O.C12H12ClN5/c1-16(2,3)27-15(26)24(9-5-7-17(19,20)21)13-11-25(23-14(13)18)12-6-4-8-22-10-12;1-17(2,3)25-16(24)22(10-5-4-8-19)14-12-23(21-15(14)18)13-7-6-9-20-11-13;16-14-12(9-23(21-14)11-2-1-5-20-7-11)22(8-10-3-4-10)13(24)6-15(17,18)19;1-2-20(11(22)6-13(15,16)17)10-8-21(19-12(10)14)9-4-3-5-18-7-9;1-19(10(21)5-12(14,15)16)9-7-20(18-11(9)13)8-3-2-4-17-6-8;13-11-10(16-12(14)8-3-4-8)7-18(17-11)9-2-1-5-15-6-9/h4,6,8,10-11H,5,7,9H2,1-3H3;6-7,9,11-12H,4-5,8,10H2,1-3H3;1-2,5,7,9-10H,3-4,6,8H2;3-5,7-8H,2,6H2,1H3;2-4,6-7H,5H2,1H3;1-2,5-8H,3-4H2,(H2,14,16). The number of aliphatic imine (C=N–C) groups is 1. The molecular weight excluding hydrogens is 1950 g/mol. The minimum Gasteiger partial charge on any atom is -0.443 e. The number of ether oxygens (including phenoxy) is 2. The molecular formula is C86H90Cl6F13N25O7. The summed E-state index contributed by atoms with van der Waals surface area (Å²) in [4.78, 5) is 94.0. The summed E-state index contributed by atoms with van der Waals surface area (Å²) in [6.45, 7) is 11.8. The molecule has 734 valence electrons. The number of hydrogen-bond acceptors (Lipinski definition) is 20. The molecule has 51 heteroatoms. The van der Waals surface area contributed by atoms with Crippen LogP contribution in [0.25, 0.3) is 34.1 Å². The van der Waals surface area contributed by atoms with Crippen molar-refractivity contribution >= 4 is 139 Å². The van der Waals surface area contributed by atoms with Gasteiger partial charge in [-0.1, -0.05) is 69.6 Å². The number of amidine groups is 1. The van der Waals surface area contributed by atoms with Crippen LogP contribution < -0.4 is 30.2 Å². The Morgan fingerprint density at radius 2 is 0.708 bits per heavy atom. The van der Waals surface area contributed by atoms with Gasteiger partial charge in [0, 0.05) is 82.7 Å². The molecule has 32 nitrogen and oxygen atoms in total. The van der Waals surface area contributed by atoms with Gasteiger partial charge in [-0.25, -0.2) is 42.7 Å². The van der Waals surface area contributed by atoms with Crippen molar-refractivity contribution in [2.45, 2.75) is 155 Å². The van der Waals surface area contributed by atoms with E-state index < -0.39 is 98.2 Å². The first-order valence-electron chi connectivity index (χ1n) is 41.4. The topological polar surface area (TPSA) is 343 Å². The van der Waals surface area contributed by atoms with Crippen LogP contribution in [0.15, 0.2) is 189 Å². The monoisotopic (exact) mass is 2040 g/mol. The second-order valence-corrected chi connectivity index (χ2v) is 34.0. The van der Waals surface area contributed by atoms with Gasteiger partial charge in [-0.15, -0.1) is 0 Å². The zero-order valence-corrected chi connectivity index (χ0v) is 78.7. The normalized spacial score (nSPS) is 12.7. The van der Waals surface area contributed by atoms with Crippen LogP contribution in [0.3, 0.4) is 0 Å². The number of amides is 5. The molecule has 2 saturated carbocycles. The van der Waals surface area contributed by atoms with Gasteiger partial charge in [-0.2, -0.15) is 83.3 Å². The Hall–Kier alpha value is -12.6. The van der Waals surface area contributed by atoms with Crippen LogP contribution in [0.5, 0.6) is 0 Å². The maximum absolute atomic E-state index is 12.6. The van der Waals surface area contributed by atoms with Gasteiger partial charge in [-0.3, -0.25) is 58.5 Å². The molecule has 0 aliphatic heterocycles. The average molecular weight is 2050 g/mol. The van der Waals surface area contributed by atoms with E-state index in [1.807, 2.05) is 18.2 Å². The molecule has 12 heterocycles. The number of hydrogen-bond donors (Lipinski definition) is 1. The Kier molecular flexibility index (Phi) is 38.2. The molecule has 2 aliphatic rings. The maximum Gasteiger partial charge on any atom is 0.414 e.